The molecule has 0 aromatic carbocycles. The topological polar surface area (TPSA) is 17.1 Å². The Balaban J connectivity index is 2.47. The van der Waals surface area contributed by atoms with E-state index in [1.165, 1.54) is 51.4 Å². The minimum absolute atomic E-state index is 0.499. The molecular weight excluding hydrogens is 184 g/mol. The van der Waals surface area contributed by atoms with Crippen molar-refractivity contribution in [3.05, 3.63) is 0 Å². The van der Waals surface area contributed by atoms with Crippen LogP contribution in [0, 0.1) is 5.41 Å². The molecular formula is C14H26O. The van der Waals surface area contributed by atoms with Crippen LogP contribution >= 0.6 is 0 Å². The van der Waals surface area contributed by atoms with Gasteiger partial charge in [-0.15, -0.1) is 0 Å². The molecule has 1 fully saturated rings. The lowest BCUT2D eigenvalue weighted by Crippen LogP contribution is -2.27. The molecule has 88 valence electrons. The molecule has 0 atom stereocenters. The number of rotatable bonds is 6. The van der Waals surface area contributed by atoms with Crippen molar-refractivity contribution in [1.29, 1.82) is 0 Å². The van der Waals surface area contributed by atoms with Gasteiger partial charge in [0.1, 0.15) is 5.78 Å². The fraction of sp³-hybridized carbons (Fsp3) is 0.929. The lowest BCUT2D eigenvalue weighted by atomic mass is 9.68. The van der Waals surface area contributed by atoms with Crippen LogP contribution in [0.3, 0.4) is 0 Å². The molecule has 0 aromatic heterocycles. The quantitative estimate of drug-likeness (QED) is 0.631. The van der Waals surface area contributed by atoms with Gasteiger partial charge in [0, 0.05) is 12.8 Å². The fourth-order valence-electron chi connectivity index (χ4n) is 2.79. The molecule has 1 aliphatic rings. The molecule has 1 heteroatoms. The zero-order valence-electron chi connectivity index (χ0n) is 10.5. The van der Waals surface area contributed by atoms with Crippen LogP contribution in [0.2, 0.25) is 0 Å². The Morgan fingerprint density at radius 1 is 1.00 bits per heavy atom. The number of hydrogen-bond acceptors (Lipinski definition) is 1. The minimum Gasteiger partial charge on any atom is -0.300 e. The van der Waals surface area contributed by atoms with Crippen LogP contribution in [-0.4, -0.2) is 5.78 Å². The minimum atomic E-state index is 0.499. The van der Waals surface area contributed by atoms with Crippen molar-refractivity contribution in [2.75, 3.05) is 0 Å². The fourth-order valence-corrected chi connectivity index (χ4v) is 2.79. The molecule has 0 aliphatic heterocycles. The Labute approximate surface area is 94.6 Å². The molecule has 1 aliphatic carbocycles. The summed E-state index contributed by atoms with van der Waals surface area (Å²) in [5.41, 5.74) is 0.542. The lowest BCUT2D eigenvalue weighted by Gasteiger charge is -2.37. The largest absolute Gasteiger partial charge is 0.300 e. The van der Waals surface area contributed by atoms with E-state index in [0.29, 0.717) is 11.2 Å². The number of hydrogen-bond donors (Lipinski definition) is 0. The van der Waals surface area contributed by atoms with Crippen LogP contribution < -0.4 is 0 Å². The van der Waals surface area contributed by atoms with Crippen LogP contribution in [0.4, 0.5) is 0 Å². The van der Waals surface area contributed by atoms with Crippen LogP contribution in [0.5, 0.6) is 0 Å². The van der Waals surface area contributed by atoms with Gasteiger partial charge < -0.3 is 0 Å². The summed E-state index contributed by atoms with van der Waals surface area (Å²) in [6.45, 7) is 4.53. The maximum atomic E-state index is 11.3. The van der Waals surface area contributed by atoms with Gasteiger partial charge in [-0.2, -0.15) is 0 Å². The van der Waals surface area contributed by atoms with Crippen molar-refractivity contribution in [2.45, 2.75) is 78.1 Å². The Kier molecular flexibility index (Phi) is 5.35. The van der Waals surface area contributed by atoms with Gasteiger partial charge in [-0.05, 0) is 31.1 Å². The molecule has 1 saturated carbocycles. The highest BCUT2D eigenvalue weighted by Crippen LogP contribution is 2.43. The van der Waals surface area contributed by atoms with E-state index < -0.39 is 0 Å². The molecule has 0 bridgehead atoms. The summed E-state index contributed by atoms with van der Waals surface area (Å²) in [6, 6.07) is 0. The zero-order chi connectivity index (χ0) is 11.1. The van der Waals surface area contributed by atoms with Gasteiger partial charge >= 0.3 is 0 Å². The van der Waals surface area contributed by atoms with E-state index in [4.69, 9.17) is 0 Å². The molecule has 1 nitrogen and oxygen atoms in total. The average molecular weight is 210 g/mol. The van der Waals surface area contributed by atoms with Gasteiger partial charge in [-0.1, -0.05) is 39.5 Å². The van der Waals surface area contributed by atoms with Gasteiger partial charge in [0.25, 0.3) is 0 Å². The first-order valence-corrected chi connectivity index (χ1v) is 6.74. The van der Waals surface area contributed by atoms with E-state index in [9.17, 15) is 4.79 Å². The van der Waals surface area contributed by atoms with E-state index in [2.05, 4.69) is 13.8 Å². The molecule has 0 radical (unpaired) electrons. The highest BCUT2D eigenvalue weighted by Gasteiger charge is 2.33. The van der Waals surface area contributed by atoms with Crippen LogP contribution in [0.25, 0.3) is 0 Å². The summed E-state index contributed by atoms with van der Waals surface area (Å²) in [5.74, 6) is 0.499. The molecule has 0 amide bonds. The van der Waals surface area contributed by atoms with Gasteiger partial charge in [-0.3, -0.25) is 4.79 Å². The van der Waals surface area contributed by atoms with Crippen LogP contribution in [-0.2, 0) is 4.79 Å². The highest BCUT2D eigenvalue weighted by molar-refractivity contribution is 5.79. The molecule has 0 saturated heterocycles. The second kappa shape index (κ2) is 6.30. The number of unbranched alkanes of at least 4 members (excludes halogenated alkanes) is 2. The van der Waals surface area contributed by atoms with E-state index in [0.717, 1.165) is 12.8 Å². The van der Waals surface area contributed by atoms with Gasteiger partial charge in [0.05, 0.1) is 0 Å². The van der Waals surface area contributed by atoms with Crippen molar-refractivity contribution < 1.29 is 4.79 Å². The Morgan fingerprint density at radius 2 is 1.47 bits per heavy atom. The first kappa shape index (κ1) is 12.7. The third kappa shape index (κ3) is 3.96. The summed E-state index contributed by atoms with van der Waals surface area (Å²) in [5, 5.41) is 0. The molecule has 0 heterocycles. The van der Waals surface area contributed by atoms with Crippen LogP contribution in [0.1, 0.15) is 78.1 Å². The Morgan fingerprint density at radius 3 is 1.87 bits per heavy atom. The third-order valence-electron chi connectivity index (χ3n) is 3.99. The third-order valence-corrected chi connectivity index (χ3v) is 3.99. The van der Waals surface area contributed by atoms with Crippen molar-refractivity contribution in [3.63, 3.8) is 0 Å². The molecule has 1 rings (SSSR count). The zero-order valence-corrected chi connectivity index (χ0v) is 10.5. The van der Waals surface area contributed by atoms with Crippen LogP contribution in [0.15, 0.2) is 0 Å². The number of carbonyl (C=O) groups is 1. The van der Waals surface area contributed by atoms with Crippen molar-refractivity contribution in [2.24, 2.45) is 5.41 Å². The Bertz CT molecular complexity index is 176. The summed E-state index contributed by atoms with van der Waals surface area (Å²) < 4.78 is 0. The molecule has 0 aromatic rings. The van der Waals surface area contributed by atoms with Crippen molar-refractivity contribution >= 4 is 5.78 Å². The predicted molar refractivity (Wildman–Crippen MR) is 65.0 cm³/mol. The second-order valence-electron chi connectivity index (χ2n) is 5.25. The summed E-state index contributed by atoms with van der Waals surface area (Å²) >= 11 is 0. The maximum absolute atomic E-state index is 11.3. The van der Waals surface area contributed by atoms with Crippen molar-refractivity contribution in [1.82, 2.24) is 0 Å². The first-order valence-electron chi connectivity index (χ1n) is 6.74. The molecule has 0 unspecified atom stereocenters. The monoisotopic (exact) mass is 210 g/mol. The number of Topliss-reactive ketones (excluding diaryl/α,β-unsaturated/α-hetero) is 1. The first-order chi connectivity index (χ1) is 7.22. The molecule has 0 spiro atoms. The lowest BCUT2D eigenvalue weighted by molar-refractivity contribution is -0.122. The predicted octanol–water partition coefficient (Wildman–Crippen LogP) is 4.50. The average Bonchev–Trinajstić information content (AvgIpc) is 2.27. The molecule has 15 heavy (non-hydrogen) atoms. The van der Waals surface area contributed by atoms with E-state index in [1.54, 1.807) is 0 Å². The maximum Gasteiger partial charge on any atom is 0.132 e. The van der Waals surface area contributed by atoms with E-state index >= 15 is 0 Å². The SMILES string of the molecule is CCCCC1(CCCC)CCC(=O)CC1. The summed E-state index contributed by atoms with van der Waals surface area (Å²) in [6.07, 6.45) is 12.0. The van der Waals surface area contributed by atoms with Gasteiger partial charge in [0.15, 0.2) is 0 Å². The second-order valence-corrected chi connectivity index (χ2v) is 5.25. The van der Waals surface area contributed by atoms with Crippen molar-refractivity contribution in [3.8, 4) is 0 Å². The highest BCUT2D eigenvalue weighted by atomic mass is 16.1. The standard InChI is InChI=1S/C14H26O/c1-3-5-9-14(10-6-4-2)11-7-13(15)8-12-14/h3-12H2,1-2H3. The summed E-state index contributed by atoms with van der Waals surface area (Å²) in [4.78, 5) is 11.3. The van der Waals surface area contributed by atoms with Gasteiger partial charge in [-0.25, -0.2) is 0 Å². The number of ketones is 1. The van der Waals surface area contributed by atoms with Gasteiger partial charge in [0.2, 0.25) is 0 Å². The number of carbonyl (C=O) groups excluding carboxylic acids is 1. The summed E-state index contributed by atoms with van der Waals surface area (Å²) in [7, 11) is 0. The van der Waals surface area contributed by atoms with E-state index in [-0.39, 0.29) is 0 Å². The smallest absolute Gasteiger partial charge is 0.132 e. The Hall–Kier alpha value is -0.330. The van der Waals surface area contributed by atoms with E-state index in [1.807, 2.05) is 0 Å². The molecule has 0 N–H and O–H groups in total. The normalized spacial score (nSPS) is 20.5.